The molecule has 21 heteroatoms. The maximum Gasteiger partial charge on any atom is 0.272 e. The lowest BCUT2D eigenvalue weighted by Gasteiger charge is -2.29. The second kappa shape index (κ2) is 25.3. The third kappa shape index (κ3) is 16.6. The summed E-state index contributed by atoms with van der Waals surface area (Å²) in [5.74, 6) is -9.54. The van der Waals surface area contributed by atoms with Gasteiger partial charge in [0.15, 0.2) is 13.2 Å². The van der Waals surface area contributed by atoms with Crippen LogP contribution in [0.1, 0.15) is 107 Å². The van der Waals surface area contributed by atoms with Gasteiger partial charge in [0, 0.05) is 72.5 Å². The summed E-state index contributed by atoms with van der Waals surface area (Å²) < 4.78 is 191. The number of rotatable bonds is 7. The number of thiocarbonyl (C=S) groups is 1. The molecule has 0 atom stereocenters. The van der Waals surface area contributed by atoms with Gasteiger partial charge in [0.25, 0.3) is 29.4 Å². The molecular weight excluding hydrogens is 916 g/mol. The first-order chi connectivity index (χ1) is 39.8. The fraction of sp³-hybridized carbons (Fsp3) is 0.319. The van der Waals surface area contributed by atoms with Crippen molar-refractivity contribution in [3.8, 4) is 11.8 Å². The number of aryl methyl sites for hydroxylation is 1. The van der Waals surface area contributed by atoms with Crippen LogP contribution in [-0.2, 0) is 9.59 Å². The Morgan fingerprint density at radius 3 is 1.75 bits per heavy atom. The van der Waals surface area contributed by atoms with Crippen LogP contribution in [0, 0.1) is 53.2 Å². The van der Waals surface area contributed by atoms with Gasteiger partial charge in [0.1, 0.15) is 40.5 Å². The van der Waals surface area contributed by atoms with E-state index in [0.29, 0.717) is 21.6 Å². The van der Waals surface area contributed by atoms with Gasteiger partial charge in [-0.05, 0) is 127 Å². The molecule has 1 aromatic heterocycles. The van der Waals surface area contributed by atoms with Crippen molar-refractivity contribution < 1.29 is 65.9 Å². The molecule has 68 heavy (non-hydrogen) atoms. The standard InChI is InChI=1S/C20H18FN5O2S.C12H14FN3O.C8H9FN2O.C4H9NSi.C3H6O/c1-11-8-13(10-24-16(11)22-4)25-18(28)20(2,3)26(19(25)29)12-6-7-14(15(21)9-12)17(27)23-5;1-12(2,7-14)16-8-4-5-9(10(13)6-8)11(17)15-3;1-11-8(12)6-3-2-5(10)4-7(6)9;1-6(2,3)4-5;1-3(2)4/h6-10H,1-3,5H3,(H,23,27);4-6,16H,1-3H3,(H,15,17);2-4H,10H2,1H3,(H,11,12);1-3H3;1-2H3/i2D3,3D3,5D3;3D3;1D3;;1D3,2D3. The smallest absolute Gasteiger partial charge is 0.272 e. The number of ketones is 1. The monoisotopic (exact) mass is 993 g/mol. The summed E-state index contributed by atoms with van der Waals surface area (Å²) in [6.45, 7) is -3.46. The van der Waals surface area contributed by atoms with Crippen molar-refractivity contribution in [3.05, 3.63) is 118 Å². The van der Waals surface area contributed by atoms with E-state index < -0.39 is 131 Å². The molecule has 360 valence electrons. The molecule has 5 rings (SSSR count). The zero-order valence-electron chi connectivity index (χ0n) is 57.7. The molecule has 0 saturated carbocycles. The SMILES string of the molecule is C[Si](C)(C)C#N.[2H]C([2H])([2H])C(=O)C([2H])([2H])[2H].[2H]C([2H])([2H])NC(=O)c1ccc(N)cc1F.[2H]C([2H])([2H])NC(=O)c1ccc(N2C(=S)N(c3cnc([N+]#[C-])c(C)c3)C(=O)C2(C([2H])([2H])[2H])C([2H])([2H])[2H])cc1F.[2H]C([2H])([2H])NC(=O)c1ccc(NC(C)(C)C#N)cc1F. The molecule has 2 heterocycles. The van der Waals surface area contributed by atoms with Gasteiger partial charge in [-0.2, -0.15) is 5.26 Å². The Morgan fingerprint density at radius 2 is 1.35 bits per heavy atom. The van der Waals surface area contributed by atoms with Crippen LogP contribution in [0.2, 0.25) is 19.6 Å². The number of amides is 4. The second-order valence-electron chi connectivity index (χ2n) is 14.9. The minimum Gasteiger partial charge on any atom is -0.399 e. The van der Waals surface area contributed by atoms with Crippen LogP contribution in [0.4, 0.5) is 41.7 Å². The molecular formula is C47H56F3N11O5SSi. The number of carbonyl (C=O) groups excluding carboxylic acids is 5. The van der Waals surface area contributed by atoms with E-state index in [1.54, 1.807) is 29.8 Å². The van der Waals surface area contributed by atoms with Gasteiger partial charge in [-0.15, -0.1) is 4.98 Å². The highest BCUT2D eigenvalue weighted by molar-refractivity contribution is 7.81. The first-order valence-corrected chi connectivity index (χ1v) is 22.5. The average Bonchev–Trinajstić information content (AvgIpc) is 1.60. The number of carbonyl (C=O) groups is 5. The van der Waals surface area contributed by atoms with Crippen LogP contribution >= 0.6 is 12.2 Å². The first kappa shape index (κ1) is 32.1. The number of nitrogen functional groups attached to an aromatic ring is 1. The molecule has 1 aliphatic rings. The number of nitrogens with zero attached hydrogens (tertiary/aromatic N) is 6. The number of benzene rings is 3. The predicted octanol–water partition coefficient (Wildman–Crippen LogP) is 8.01. The lowest BCUT2D eigenvalue weighted by molar-refractivity contribution is -0.120. The second-order valence-corrected chi connectivity index (χ2v) is 20.0. The Morgan fingerprint density at radius 1 is 0.853 bits per heavy atom. The van der Waals surface area contributed by atoms with Crippen LogP contribution < -0.4 is 36.8 Å². The molecule has 0 bridgehead atoms. The van der Waals surface area contributed by atoms with E-state index in [2.05, 4.69) is 20.8 Å². The minimum atomic E-state index is -3.55. The van der Waals surface area contributed by atoms with Crippen LogP contribution in [-0.4, -0.2) is 79.6 Å². The largest absolute Gasteiger partial charge is 0.399 e. The number of Topliss-reactive ketones (excluding diaryl/α,β-unsaturated/α-hetero) is 1. The van der Waals surface area contributed by atoms with Gasteiger partial charge in [-0.25, -0.2) is 18.4 Å². The number of anilines is 4. The minimum absolute atomic E-state index is 0.0194. The van der Waals surface area contributed by atoms with Crippen LogP contribution in [0.3, 0.4) is 0 Å². The zero-order valence-corrected chi connectivity index (χ0v) is 38.5. The summed E-state index contributed by atoms with van der Waals surface area (Å²) in [4.78, 5) is 67.3. The van der Waals surface area contributed by atoms with E-state index in [0.717, 1.165) is 42.6 Å². The molecule has 0 aliphatic carbocycles. The Kier molecular flexibility index (Phi) is 11.9. The molecule has 0 spiro atoms. The topological polar surface area (TPSA) is 231 Å². The number of nitriles is 2. The zero-order chi connectivity index (χ0) is 70.0. The van der Waals surface area contributed by atoms with Crippen molar-refractivity contribution in [1.82, 2.24) is 20.9 Å². The number of nitrogens with two attached hydrogens (primary N) is 1. The van der Waals surface area contributed by atoms with Gasteiger partial charge >= 0.3 is 0 Å². The summed E-state index contributed by atoms with van der Waals surface area (Å²) in [5.41, 5.74) is 1.99. The Labute approximate surface area is 431 Å². The summed E-state index contributed by atoms with van der Waals surface area (Å²) in [6.07, 6.45) is 1.04. The van der Waals surface area contributed by atoms with Crippen molar-refractivity contribution in [2.45, 2.75) is 78.9 Å². The highest BCUT2D eigenvalue weighted by Crippen LogP contribution is 2.37. The Balaban J connectivity index is 0.000000646. The number of pyridine rings is 1. The maximum atomic E-state index is 15.0. The normalized spacial score (nSPS) is 18.1. The predicted molar refractivity (Wildman–Crippen MR) is 264 cm³/mol. The van der Waals surface area contributed by atoms with E-state index in [1.165, 1.54) is 25.1 Å². The molecule has 16 nitrogen and oxygen atoms in total. The molecule has 4 amide bonds. The van der Waals surface area contributed by atoms with E-state index in [-0.39, 0.29) is 33.9 Å². The molecule has 1 aliphatic heterocycles. The Hall–Kier alpha value is -7.67. The molecule has 0 unspecified atom stereocenters. The van der Waals surface area contributed by atoms with Crippen molar-refractivity contribution >= 4 is 83.4 Å². The average molecular weight is 993 g/mol. The number of hydrogen-bond acceptors (Lipinski definition) is 11. The van der Waals surface area contributed by atoms with Crippen LogP contribution in [0.25, 0.3) is 4.85 Å². The number of hydrogen-bond donors (Lipinski definition) is 5. The molecule has 4 aromatic rings. The summed E-state index contributed by atoms with van der Waals surface area (Å²) in [7, 11) is -1.33. The van der Waals surface area contributed by atoms with Gasteiger partial charge in [0.2, 0.25) is 0 Å². The quantitative estimate of drug-likeness (QED) is 0.0513. The van der Waals surface area contributed by atoms with E-state index >= 15 is 4.39 Å². The molecule has 3 aromatic carbocycles. The van der Waals surface area contributed by atoms with E-state index in [9.17, 15) is 32.8 Å². The molecule has 6 N–H and O–H groups in total. The number of halogens is 3. The molecule has 0 radical (unpaired) electrons. The lowest BCUT2D eigenvalue weighted by atomic mass is 10.0. The molecule has 1 saturated heterocycles. The fourth-order valence-electron chi connectivity index (χ4n) is 4.82. The van der Waals surface area contributed by atoms with Crippen molar-refractivity contribution in [3.63, 3.8) is 0 Å². The van der Waals surface area contributed by atoms with Crippen molar-refractivity contribution in [1.29, 1.82) is 10.5 Å². The maximum absolute atomic E-state index is 15.0. The van der Waals surface area contributed by atoms with Crippen molar-refractivity contribution in [2.75, 3.05) is 41.8 Å². The Bertz CT molecular complexity index is 3410. The first-order valence-electron chi connectivity index (χ1n) is 29.1. The third-order valence-electron chi connectivity index (χ3n) is 7.95. The third-order valence-corrected chi connectivity index (χ3v) is 8.99. The fourth-order valence-corrected chi connectivity index (χ4v) is 5.25. The van der Waals surface area contributed by atoms with Gasteiger partial charge in [-0.1, -0.05) is 26.2 Å². The highest BCUT2D eigenvalue weighted by atomic mass is 32.1. The van der Waals surface area contributed by atoms with Gasteiger partial charge in [-0.3, -0.25) is 24.1 Å². The summed E-state index contributed by atoms with van der Waals surface area (Å²) >= 11 is 5.36. The van der Waals surface area contributed by atoms with Crippen molar-refractivity contribution in [2.24, 2.45) is 0 Å². The summed E-state index contributed by atoms with van der Waals surface area (Å²) in [5, 5.41) is 24.2. The van der Waals surface area contributed by atoms with Crippen LogP contribution in [0.5, 0.6) is 0 Å². The summed E-state index contributed by atoms with van der Waals surface area (Å²) in [6, 6.07) is 12.6. The lowest BCUT2D eigenvalue weighted by Crippen LogP contribution is -2.44. The van der Waals surface area contributed by atoms with E-state index in [1.807, 2.05) is 25.7 Å². The van der Waals surface area contributed by atoms with Gasteiger partial charge in [0.05, 0.1) is 28.4 Å². The van der Waals surface area contributed by atoms with Crippen LogP contribution in [0.15, 0.2) is 66.9 Å². The number of aromatic nitrogens is 1. The van der Waals surface area contributed by atoms with Gasteiger partial charge < -0.3 is 41.5 Å². The van der Waals surface area contributed by atoms with E-state index in [4.69, 9.17) is 63.8 Å². The number of nitrogens with one attached hydrogen (secondary N) is 4. The molecule has 1 fully saturated rings. The highest BCUT2D eigenvalue weighted by Gasteiger charge is 2.50.